The van der Waals surface area contributed by atoms with Crippen LogP contribution in [0.3, 0.4) is 0 Å². The molecule has 1 atom stereocenters. The first-order chi connectivity index (χ1) is 12.9. The smallest absolute Gasteiger partial charge is 0.178 e. The molecule has 0 amide bonds. The molecule has 2 rings (SSSR count). The number of thioether (sulfide) groups is 1. The van der Waals surface area contributed by atoms with E-state index in [4.69, 9.17) is 0 Å². The lowest BCUT2D eigenvalue weighted by molar-refractivity contribution is 0.0863. The predicted octanol–water partition coefficient (Wildman–Crippen LogP) is 8.87. The number of carbonyl (C=O) groups excluding carboxylic acids is 1. The Morgan fingerprint density at radius 2 is 1.68 bits per heavy atom. The summed E-state index contributed by atoms with van der Waals surface area (Å²) in [6.07, 6.45) is 4.48. The van der Waals surface area contributed by atoms with E-state index >= 15 is 0 Å². The van der Waals surface area contributed by atoms with Crippen molar-refractivity contribution >= 4 is 45.1 Å². The number of Topliss-reactive ketones (excluding diaryl/α,β-unsaturated/α-hetero) is 1. The van der Waals surface area contributed by atoms with E-state index in [2.05, 4.69) is 58.9 Å². The zero-order valence-electron chi connectivity index (χ0n) is 18.5. The van der Waals surface area contributed by atoms with E-state index in [1.54, 1.807) is 11.3 Å². The van der Waals surface area contributed by atoms with Crippen molar-refractivity contribution in [2.75, 3.05) is 0 Å². The van der Waals surface area contributed by atoms with Crippen molar-refractivity contribution in [3.05, 3.63) is 49.9 Å². The third-order valence-electron chi connectivity index (χ3n) is 4.23. The molecule has 0 bridgehead atoms. The molecule has 1 unspecified atom stereocenters. The molecule has 0 aromatic carbocycles. The molecule has 0 radical (unpaired) electrons. The second-order valence-electron chi connectivity index (χ2n) is 9.52. The van der Waals surface area contributed by atoms with Crippen LogP contribution in [0.15, 0.2) is 30.3 Å². The van der Waals surface area contributed by atoms with Crippen LogP contribution in [0, 0.1) is 10.8 Å². The molecule has 4 heteroatoms. The lowest BCUT2D eigenvalue weighted by Gasteiger charge is -2.16. The fourth-order valence-electron chi connectivity index (χ4n) is 2.83. The predicted molar refractivity (Wildman–Crippen MR) is 130 cm³/mol. The number of rotatable bonds is 7. The first-order valence-corrected chi connectivity index (χ1v) is 12.5. The van der Waals surface area contributed by atoms with E-state index in [0.29, 0.717) is 10.7 Å². The summed E-state index contributed by atoms with van der Waals surface area (Å²) in [7, 11) is 0. The van der Waals surface area contributed by atoms with Crippen LogP contribution in [0.25, 0.3) is 4.91 Å². The maximum atomic E-state index is 12.6. The quantitative estimate of drug-likeness (QED) is 0.405. The first-order valence-electron chi connectivity index (χ1n) is 10.0. The summed E-state index contributed by atoms with van der Waals surface area (Å²) in [4.78, 5) is 18.9. The topological polar surface area (TPSA) is 17.1 Å². The number of ketones is 1. The molecule has 154 valence electrons. The fraction of sp³-hybridized carbons (Fsp3) is 0.542. The molecule has 2 aromatic heterocycles. The number of allylic oxidation sites excluding steroid dienone is 1. The van der Waals surface area contributed by atoms with Gasteiger partial charge in [-0.2, -0.15) is 0 Å². The van der Waals surface area contributed by atoms with Gasteiger partial charge in [0.25, 0.3) is 0 Å². The number of thiophene rings is 2. The van der Waals surface area contributed by atoms with Crippen molar-refractivity contribution in [1.29, 1.82) is 0 Å². The summed E-state index contributed by atoms with van der Waals surface area (Å²) in [5, 5.41) is 0.331. The zero-order chi connectivity index (χ0) is 21.1. The minimum atomic E-state index is -0.327. The number of hydrogen-bond acceptors (Lipinski definition) is 4. The monoisotopic (exact) mass is 434 g/mol. The van der Waals surface area contributed by atoms with Crippen LogP contribution >= 0.6 is 34.4 Å². The normalized spacial score (nSPS) is 14.4. The van der Waals surface area contributed by atoms with E-state index in [-0.39, 0.29) is 11.2 Å². The van der Waals surface area contributed by atoms with Gasteiger partial charge in [0.1, 0.15) is 0 Å². The Morgan fingerprint density at radius 1 is 1.04 bits per heavy atom. The van der Waals surface area contributed by atoms with E-state index in [1.807, 2.05) is 49.9 Å². The van der Waals surface area contributed by atoms with Gasteiger partial charge in [-0.05, 0) is 49.4 Å². The molecule has 28 heavy (non-hydrogen) atoms. The van der Waals surface area contributed by atoms with Gasteiger partial charge in [-0.3, -0.25) is 4.79 Å². The van der Waals surface area contributed by atoms with Crippen molar-refractivity contribution in [3.8, 4) is 0 Å². The maximum Gasteiger partial charge on any atom is 0.178 e. The van der Waals surface area contributed by atoms with Crippen molar-refractivity contribution in [2.45, 2.75) is 73.5 Å². The Hall–Kier alpha value is -0.840. The van der Waals surface area contributed by atoms with Crippen molar-refractivity contribution < 1.29 is 4.79 Å². The zero-order valence-corrected chi connectivity index (χ0v) is 21.0. The average Bonchev–Trinajstić information content (AvgIpc) is 3.20. The Labute approximate surface area is 183 Å². The molecule has 0 spiro atoms. The van der Waals surface area contributed by atoms with Gasteiger partial charge in [0.2, 0.25) is 0 Å². The van der Waals surface area contributed by atoms with E-state index in [1.165, 1.54) is 19.5 Å². The van der Waals surface area contributed by atoms with Gasteiger partial charge in [0.15, 0.2) is 5.78 Å². The van der Waals surface area contributed by atoms with Crippen LogP contribution in [-0.4, -0.2) is 5.78 Å². The minimum absolute atomic E-state index is 0.232. The highest BCUT2D eigenvalue weighted by molar-refractivity contribution is 8.08. The van der Waals surface area contributed by atoms with Gasteiger partial charge in [-0.15, -0.1) is 34.4 Å². The molecule has 0 saturated carbocycles. The Balaban J connectivity index is 2.16. The molecular weight excluding hydrogens is 400 g/mol. The van der Waals surface area contributed by atoms with Gasteiger partial charge in [0.05, 0.1) is 4.88 Å². The molecule has 2 heterocycles. The standard InChI is InChI=1S/C24H34OS3/c1-9-10-19(20-12-11-17(27-20)15-23(3,4)5)26-16(2)18-13-14-21(28-18)22(25)24(6,7)8/h10-14,16H,9,15H2,1-8H3/b19-10-. The third-order valence-corrected chi connectivity index (χ3v) is 8.15. The summed E-state index contributed by atoms with van der Waals surface area (Å²) >= 11 is 5.48. The molecule has 1 nitrogen and oxygen atoms in total. The second-order valence-corrected chi connectivity index (χ2v) is 13.2. The van der Waals surface area contributed by atoms with Crippen molar-refractivity contribution in [3.63, 3.8) is 0 Å². The van der Waals surface area contributed by atoms with Crippen LogP contribution in [-0.2, 0) is 6.42 Å². The van der Waals surface area contributed by atoms with Crippen molar-refractivity contribution in [1.82, 2.24) is 0 Å². The Bertz CT molecular complexity index is 825. The van der Waals surface area contributed by atoms with E-state index in [0.717, 1.165) is 17.7 Å². The van der Waals surface area contributed by atoms with Crippen LogP contribution in [0.5, 0.6) is 0 Å². The number of hydrogen-bond donors (Lipinski definition) is 0. The summed E-state index contributed by atoms with van der Waals surface area (Å²) < 4.78 is 0. The maximum absolute atomic E-state index is 12.6. The lowest BCUT2D eigenvalue weighted by Crippen LogP contribution is -2.18. The number of carbonyl (C=O) groups is 1. The van der Waals surface area contributed by atoms with E-state index in [9.17, 15) is 4.79 Å². The van der Waals surface area contributed by atoms with Gasteiger partial charge < -0.3 is 0 Å². The van der Waals surface area contributed by atoms with Crippen LogP contribution in [0.4, 0.5) is 0 Å². The highest BCUT2D eigenvalue weighted by atomic mass is 32.2. The second kappa shape index (κ2) is 9.32. The van der Waals surface area contributed by atoms with Gasteiger partial charge in [0, 0.05) is 30.2 Å². The molecular formula is C24H34OS3. The molecule has 0 aliphatic rings. The fourth-order valence-corrected chi connectivity index (χ4v) is 6.75. The molecule has 0 fully saturated rings. The van der Waals surface area contributed by atoms with Gasteiger partial charge in [-0.1, -0.05) is 54.5 Å². The molecule has 0 aliphatic carbocycles. The summed E-state index contributed by atoms with van der Waals surface area (Å²) in [5.74, 6) is 0.232. The minimum Gasteiger partial charge on any atom is -0.293 e. The lowest BCUT2D eigenvalue weighted by atomic mass is 9.90. The summed E-state index contributed by atoms with van der Waals surface area (Å²) in [6.45, 7) is 17.3. The molecule has 2 aromatic rings. The summed E-state index contributed by atoms with van der Waals surface area (Å²) in [6, 6.07) is 8.69. The van der Waals surface area contributed by atoms with Crippen molar-refractivity contribution in [2.24, 2.45) is 10.8 Å². The molecule has 0 aliphatic heterocycles. The first kappa shape index (κ1) is 23.4. The van der Waals surface area contributed by atoms with E-state index < -0.39 is 0 Å². The van der Waals surface area contributed by atoms with Gasteiger partial charge >= 0.3 is 0 Å². The van der Waals surface area contributed by atoms with Gasteiger partial charge in [-0.25, -0.2) is 0 Å². The molecule has 0 saturated heterocycles. The molecule has 0 N–H and O–H groups in total. The largest absolute Gasteiger partial charge is 0.293 e. The van der Waals surface area contributed by atoms with Crippen LogP contribution in [0.1, 0.15) is 91.4 Å². The Morgan fingerprint density at radius 3 is 2.25 bits per heavy atom. The third kappa shape index (κ3) is 6.60. The summed E-state index contributed by atoms with van der Waals surface area (Å²) in [5.41, 5.74) is -0.0175. The SMILES string of the molecule is CC/C=C(\SC(C)c1ccc(C(=O)C(C)(C)C)s1)c1ccc(CC(C)(C)C)s1. The van der Waals surface area contributed by atoms with Crippen LogP contribution < -0.4 is 0 Å². The average molecular weight is 435 g/mol. The highest BCUT2D eigenvalue weighted by Crippen LogP contribution is 2.44. The Kier molecular flexibility index (Phi) is 7.80. The highest BCUT2D eigenvalue weighted by Gasteiger charge is 2.25. The van der Waals surface area contributed by atoms with Crippen LogP contribution in [0.2, 0.25) is 0 Å².